The molecule has 17 heavy (non-hydrogen) atoms. The van der Waals surface area contributed by atoms with Crippen LogP contribution in [0.25, 0.3) is 0 Å². The molecule has 2 N–H and O–H groups in total. The zero-order valence-electron chi connectivity index (χ0n) is 10.6. The first-order valence-corrected chi connectivity index (χ1v) is 5.50. The minimum atomic E-state index is -1.64. The lowest BCUT2D eigenvalue weighted by Crippen LogP contribution is -2.62. The topological polar surface area (TPSA) is 84.9 Å². The van der Waals surface area contributed by atoms with Crippen LogP contribution < -0.4 is 5.32 Å². The molecule has 1 heterocycles. The number of aliphatic hydroxyl groups is 1. The van der Waals surface area contributed by atoms with Crippen LogP contribution in [0.3, 0.4) is 0 Å². The molecule has 1 aliphatic heterocycles. The van der Waals surface area contributed by atoms with Gasteiger partial charge in [-0.1, -0.05) is 0 Å². The van der Waals surface area contributed by atoms with Gasteiger partial charge in [-0.3, -0.25) is 4.79 Å². The quantitative estimate of drug-likeness (QED) is 0.646. The molecular formula is C11H19NO5. The van der Waals surface area contributed by atoms with E-state index in [0.717, 1.165) is 0 Å². The third kappa shape index (κ3) is 3.17. The van der Waals surface area contributed by atoms with Gasteiger partial charge >= 0.3 is 5.97 Å². The highest BCUT2D eigenvalue weighted by Crippen LogP contribution is 2.21. The van der Waals surface area contributed by atoms with Crippen molar-refractivity contribution in [1.82, 2.24) is 5.32 Å². The fraction of sp³-hybridized carbons (Fsp3) is 0.818. The van der Waals surface area contributed by atoms with Crippen molar-refractivity contribution in [1.29, 1.82) is 0 Å². The number of carbonyl (C=O) groups excluding carboxylic acids is 2. The van der Waals surface area contributed by atoms with Gasteiger partial charge in [-0.15, -0.1) is 0 Å². The molecule has 6 heteroatoms. The maximum Gasteiger partial charge on any atom is 0.339 e. The summed E-state index contributed by atoms with van der Waals surface area (Å²) in [6.45, 7) is 7.04. The van der Waals surface area contributed by atoms with Gasteiger partial charge in [-0.05, 0) is 27.7 Å². The van der Waals surface area contributed by atoms with Crippen LogP contribution in [-0.4, -0.2) is 47.4 Å². The highest BCUT2D eigenvalue weighted by atomic mass is 16.6. The number of amides is 1. The lowest BCUT2D eigenvalue weighted by atomic mass is 9.96. The fourth-order valence-corrected chi connectivity index (χ4v) is 1.45. The van der Waals surface area contributed by atoms with Gasteiger partial charge in [-0.25, -0.2) is 4.79 Å². The van der Waals surface area contributed by atoms with Crippen molar-refractivity contribution in [3.63, 3.8) is 0 Å². The van der Waals surface area contributed by atoms with Crippen molar-refractivity contribution < 1.29 is 24.2 Å². The molecule has 1 saturated heterocycles. The molecule has 1 fully saturated rings. The molecular weight excluding hydrogens is 226 g/mol. The van der Waals surface area contributed by atoms with Gasteiger partial charge < -0.3 is 19.9 Å². The average molecular weight is 245 g/mol. The van der Waals surface area contributed by atoms with E-state index < -0.39 is 29.2 Å². The van der Waals surface area contributed by atoms with Crippen LogP contribution in [0.4, 0.5) is 0 Å². The average Bonchev–Trinajstić information content (AvgIpc) is 2.19. The summed E-state index contributed by atoms with van der Waals surface area (Å²) in [5.41, 5.74) is -2.31. The summed E-state index contributed by atoms with van der Waals surface area (Å²) < 4.78 is 10.2. The van der Waals surface area contributed by atoms with Crippen molar-refractivity contribution in [2.24, 2.45) is 0 Å². The molecule has 1 amide bonds. The summed E-state index contributed by atoms with van der Waals surface area (Å²) in [6, 6.07) is 0. The molecule has 0 bridgehead atoms. The molecule has 2 atom stereocenters. The Balaban J connectivity index is 2.77. The van der Waals surface area contributed by atoms with Crippen molar-refractivity contribution in [3.05, 3.63) is 0 Å². The third-order valence-corrected chi connectivity index (χ3v) is 2.39. The fourth-order valence-electron chi connectivity index (χ4n) is 1.45. The molecule has 0 radical (unpaired) electrons. The molecule has 1 unspecified atom stereocenters. The van der Waals surface area contributed by atoms with E-state index in [0.29, 0.717) is 6.54 Å². The minimum Gasteiger partial charge on any atom is -0.458 e. The largest absolute Gasteiger partial charge is 0.458 e. The van der Waals surface area contributed by atoms with E-state index in [9.17, 15) is 14.7 Å². The van der Waals surface area contributed by atoms with Crippen molar-refractivity contribution in [2.75, 3.05) is 13.2 Å². The zero-order valence-corrected chi connectivity index (χ0v) is 10.6. The number of ether oxygens (including phenoxy) is 2. The molecule has 0 saturated carbocycles. The van der Waals surface area contributed by atoms with Gasteiger partial charge in [0.1, 0.15) is 5.60 Å². The number of rotatable bonds is 2. The van der Waals surface area contributed by atoms with Crippen LogP contribution in [-0.2, 0) is 19.1 Å². The maximum atomic E-state index is 11.7. The van der Waals surface area contributed by atoms with Crippen molar-refractivity contribution in [2.45, 2.75) is 45.0 Å². The monoisotopic (exact) mass is 245 g/mol. The van der Waals surface area contributed by atoms with Gasteiger partial charge in [-0.2, -0.15) is 0 Å². The summed E-state index contributed by atoms with van der Waals surface area (Å²) in [6.07, 6.45) is -1.64. The van der Waals surface area contributed by atoms with Crippen LogP contribution in [0.2, 0.25) is 0 Å². The Morgan fingerprint density at radius 3 is 2.65 bits per heavy atom. The summed E-state index contributed by atoms with van der Waals surface area (Å²) in [5, 5.41) is 12.4. The SMILES string of the molecule is CC(C)(C)OC(=O)[C@H](O)C1(C)OCCNC1=O. The van der Waals surface area contributed by atoms with E-state index in [2.05, 4.69) is 5.32 Å². The number of aliphatic hydroxyl groups excluding tert-OH is 1. The predicted molar refractivity (Wildman–Crippen MR) is 59.2 cm³/mol. The Morgan fingerprint density at radius 2 is 2.18 bits per heavy atom. The molecule has 1 rings (SSSR count). The van der Waals surface area contributed by atoms with E-state index >= 15 is 0 Å². The summed E-state index contributed by atoms with van der Waals surface area (Å²) in [4.78, 5) is 23.3. The number of hydrogen-bond acceptors (Lipinski definition) is 5. The van der Waals surface area contributed by atoms with E-state index in [1.165, 1.54) is 6.92 Å². The predicted octanol–water partition coefficient (Wildman–Crippen LogP) is -0.406. The Morgan fingerprint density at radius 1 is 1.59 bits per heavy atom. The molecule has 6 nitrogen and oxygen atoms in total. The molecule has 0 aromatic heterocycles. The van der Waals surface area contributed by atoms with E-state index in [-0.39, 0.29) is 6.61 Å². The van der Waals surface area contributed by atoms with Gasteiger partial charge in [0.15, 0.2) is 11.7 Å². The summed E-state index contributed by atoms with van der Waals surface area (Å²) in [7, 11) is 0. The van der Waals surface area contributed by atoms with Crippen LogP contribution in [0, 0.1) is 0 Å². The van der Waals surface area contributed by atoms with Crippen molar-refractivity contribution >= 4 is 11.9 Å². The lowest BCUT2D eigenvalue weighted by molar-refractivity contribution is -0.193. The van der Waals surface area contributed by atoms with Crippen LogP contribution in [0.15, 0.2) is 0 Å². The van der Waals surface area contributed by atoms with Crippen LogP contribution in [0.1, 0.15) is 27.7 Å². The lowest BCUT2D eigenvalue weighted by Gasteiger charge is -2.36. The highest BCUT2D eigenvalue weighted by molar-refractivity contribution is 5.92. The second kappa shape index (κ2) is 4.62. The van der Waals surface area contributed by atoms with Crippen LogP contribution in [0.5, 0.6) is 0 Å². The Kier molecular flexibility index (Phi) is 3.78. The number of morpholine rings is 1. The Labute approximate surface area is 100 Å². The second-order valence-corrected chi connectivity index (χ2v) is 5.15. The molecule has 0 aromatic rings. The Hall–Kier alpha value is -1.14. The van der Waals surface area contributed by atoms with Gasteiger partial charge in [0.05, 0.1) is 6.61 Å². The number of nitrogens with one attached hydrogen (secondary N) is 1. The number of esters is 1. The molecule has 0 aliphatic carbocycles. The zero-order chi connectivity index (χ0) is 13.3. The van der Waals surface area contributed by atoms with E-state index in [1.54, 1.807) is 20.8 Å². The third-order valence-electron chi connectivity index (χ3n) is 2.39. The summed E-state index contributed by atoms with van der Waals surface area (Å²) in [5.74, 6) is -1.38. The number of hydrogen-bond donors (Lipinski definition) is 2. The van der Waals surface area contributed by atoms with Gasteiger partial charge in [0.25, 0.3) is 5.91 Å². The van der Waals surface area contributed by atoms with Crippen molar-refractivity contribution in [3.8, 4) is 0 Å². The first-order valence-electron chi connectivity index (χ1n) is 5.50. The minimum absolute atomic E-state index is 0.252. The smallest absolute Gasteiger partial charge is 0.339 e. The first kappa shape index (κ1) is 13.9. The molecule has 1 aliphatic rings. The Bertz CT molecular complexity index is 322. The van der Waals surface area contributed by atoms with Gasteiger partial charge in [0.2, 0.25) is 0 Å². The number of carbonyl (C=O) groups is 2. The maximum absolute atomic E-state index is 11.7. The van der Waals surface area contributed by atoms with Crippen LogP contribution >= 0.6 is 0 Å². The van der Waals surface area contributed by atoms with E-state index in [1.807, 2.05) is 0 Å². The second-order valence-electron chi connectivity index (χ2n) is 5.15. The molecule has 0 aromatic carbocycles. The molecule has 0 spiro atoms. The van der Waals surface area contributed by atoms with Gasteiger partial charge in [0, 0.05) is 6.54 Å². The summed E-state index contributed by atoms with van der Waals surface area (Å²) >= 11 is 0. The normalized spacial score (nSPS) is 27.2. The highest BCUT2D eigenvalue weighted by Gasteiger charge is 2.48. The first-order chi connectivity index (χ1) is 7.67. The molecule has 98 valence electrons. The standard InChI is InChI=1S/C11H19NO5/c1-10(2,3)17-8(14)7(13)11(4)9(15)12-5-6-16-11/h7,13H,5-6H2,1-4H3,(H,12,15)/t7-,11?/m0/s1. The van der Waals surface area contributed by atoms with E-state index in [4.69, 9.17) is 9.47 Å².